The summed E-state index contributed by atoms with van der Waals surface area (Å²) >= 11 is 0. The van der Waals surface area contributed by atoms with Gasteiger partial charge in [-0.05, 0) is 0 Å². The molecular weight excluding hydrogens is 334 g/mol. The Morgan fingerprint density at radius 3 is 2.65 bits per heavy atom. The Balaban J connectivity index is 1.80. The third-order valence-electron chi connectivity index (χ3n) is 4.67. The Morgan fingerprint density at radius 2 is 2.00 bits per heavy atom. The van der Waals surface area contributed by atoms with Crippen molar-refractivity contribution < 1.29 is 14.7 Å². The Labute approximate surface area is 149 Å². The zero-order valence-electron chi connectivity index (χ0n) is 13.8. The van der Waals surface area contributed by atoms with Crippen molar-refractivity contribution in [2.45, 2.75) is 19.5 Å². The quantitative estimate of drug-likeness (QED) is 0.833. The lowest BCUT2D eigenvalue weighted by atomic mass is 10.1. The number of rotatable bonds is 3. The summed E-state index contributed by atoms with van der Waals surface area (Å²) in [7, 11) is 0. The van der Waals surface area contributed by atoms with Gasteiger partial charge < -0.3 is 10.0 Å². The van der Waals surface area contributed by atoms with E-state index >= 15 is 0 Å². The van der Waals surface area contributed by atoms with Crippen molar-refractivity contribution in [1.29, 1.82) is 5.26 Å². The van der Waals surface area contributed by atoms with Crippen LogP contribution < -0.4 is 4.90 Å². The summed E-state index contributed by atoms with van der Waals surface area (Å²) in [5.41, 5.74) is 3.11. The molecule has 0 saturated carbocycles. The highest BCUT2D eigenvalue weighted by atomic mass is 16.4. The number of nitriles is 1. The van der Waals surface area contributed by atoms with E-state index in [0.29, 0.717) is 24.5 Å². The van der Waals surface area contributed by atoms with E-state index in [1.807, 2.05) is 30.3 Å². The van der Waals surface area contributed by atoms with Crippen molar-refractivity contribution >= 4 is 17.8 Å². The second-order valence-electron chi connectivity index (χ2n) is 6.36. The van der Waals surface area contributed by atoms with Gasteiger partial charge in [0.15, 0.2) is 6.19 Å². The summed E-state index contributed by atoms with van der Waals surface area (Å²) < 4.78 is 0. The van der Waals surface area contributed by atoms with E-state index in [1.165, 1.54) is 4.90 Å². The first-order valence-electron chi connectivity index (χ1n) is 8.20. The van der Waals surface area contributed by atoms with E-state index < -0.39 is 11.9 Å². The monoisotopic (exact) mass is 349 g/mol. The summed E-state index contributed by atoms with van der Waals surface area (Å²) in [6.07, 6.45) is 2.06. The largest absolute Gasteiger partial charge is 0.481 e. The molecule has 8 nitrogen and oxygen atoms in total. The van der Waals surface area contributed by atoms with E-state index in [-0.39, 0.29) is 24.8 Å². The number of nitrogens with zero attached hydrogens (tertiary/aromatic N) is 5. The molecule has 1 atom stereocenters. The maximum Gasteiger partial charge on any atom is 0.308 e. The number of anilines is 1. The molecule has 1 saturated heterocycles. The molecule has 1 fully saturated rings. The smallest absolute Gasteiger partial charge is 0.308 e. The average molecular weight is 349 g/mol. The highest BCUT2D eigenvalue weighted by Gasteiger charge is 2.37. The van der Waals surface area contributed by atoms with Crippen LogP contribution in [0.2, 0.25) is 0 Å². The molecule has 130 valence electrons. The summed E-state index contributed by atoms with van der Waals surface area (Å²) in [4.78, 5) is 35.4. The molecule has 1 unspecified atom stereocenters. The SMILES string of the molecule is N#CN1Cc2nc(N3CC(C(=O)O)CC3=O)nc(-c3ccccc3)c2C1. The second kappa shape index (κ2) is 6.11. The number of hydrogen-bond acceptors (Lipinski definition) is 6. The Morgan fingerprint density at radius 1 is 1.23 bits per heavy atom. The zero-order chi connectivity index (χ0) is 18.3. The van der Waals surface area contributed by atoms with E-state index in [4.69, 9.17) is 0 Å². The molecule has 2 aromatic rings. The number of amides is 1. The third kappa shape index (κ3) is 2.63. The predicted molar refractivity (Wildman–Crippen MR) is 90.4 cm³/mol. The fourth-order valence-corrected chi connectivity index (χ4v) is 3.33. The molecule has 3 heterocycles. The Kier molecular flexibility index (Phi) is 3.77. The van der Waals surface area contributed by atoms with Crippen LogP contribution in [0.4, 0.5) is 5.95 Å². The molecule has 1 aromatic carbocycles. The lowest BCUT2D eigenvalue weighted by Crippen LogP contribution is -2.28. The van der Waals surface area contributed by atoms with E-state index in [1.54, 1.807) is 4.90 Å². The summed E-state index contributed by atoms with van der Waals surface area (Å²) in [6.45, 7) is 0.830. The number of carbonyl (C=O) groups excluding carboxylic acids is 1. The maximum atomic E-state index is 12.3. The predicted octanol–water partition coefficient (Wildman–Crippen LogP) is 1.38. The van der Waals surface area contributed by atoms with Gasteiger partial charge in [0.2, 0.25) is 11.9 Å². The average Bonchev–Trinajstić information content (AvgIpc) is 3.24. The van der Waals surface area contributed by atoms with Gasteiger partial charge in [0, 0.05) is 24.1 Å². The van der Waals surface area contributed by atoms with Crippen molar-refractivity contribution in [3.8, 4) is 17.5 Å². The number of carboxylic acid groups (broad SMARTS) is 1. The van der Waals surface area contributed by atoms with Crippen LogP contribution in [0.25, 0.3) is 11.3 Å². The lowest BCUT2D eigenvalue weighted by molar-refractivity contribution is -0.141. The van der Waals surface area contributed by atoms with Gasteiger partial charge in [-0.2, -0.15) is 5.26 Å². The zero-order valence-corrected chi connectivity index (χ0v) is 13.8. The molecule has 2 aliphatic heterocycles. The van der Waals surface area contributed by atoms with Crippen LogP contribution in [0.5, 0.6) is 0 Å². The fraction of sp³-hybridized carbons (Fsp3) is 0.278. The highest BCUT2D eigenvalue weighted by Crippen LogP contribution is 2.33. The van der Waals surface area contributed by atoms with Crippen molar-refractivity contribution in [3.63, 3.8) is 0 Å². The van der Waals surface area contributed by atoms with E-state index in [2.05, 4.69) is 16.2 Å². The van der Waals surface area contributed by atoms with Crippen LogP contribution in [-0.2, 0) is 22.7 Å². The van der Waals surface area contributed by atoms with Crippen LogP contribution in [0.15, 0.2) is 30.3 Å². The number of hydrogen-bond donors (Lipinski definition) is 1. The highest BCUT2D eigenvalue weighted by molar-refractivity contribution is 5.98. The summed E-state index contributed by atoms with van der Waals surface area (Å²) in [6, 6.07) is 9.50. The lowest BCUT2D eigenvalue weighted by Gasteiger charge is -2.17. The molecular formula is C18H15N5O3. The molecule has 1 amide bonds. The van der Waals surface area contributed by atoms with Crippen LogP contribution in [0, 0.1) is 17.4 Å². The number of aromatic nitrogens is 2. The number of carboxylic acids is 1. The molecule has 0 bridgehead atoms. The van der Waals surface area contributed by atoms with Crippen molar-refractivity contribution in [1.82, 2.24) is 14.9 Å². The van der Waals surface area contributed by atoms with Gasteiger partial charge >= 0.3 is 5.97 Å². The van der Waals surface area contributed by atoms with Gasteiger partial charge in [-0.3, -0.25) is 14.5 Å². The molecule has 1 aromatic heterocycles. The van der Waals surface area contributed by atoms with Crippen LogP contribution in [-0.4, -0.2) is 38.4 Å². The molecule has 0 radical (unpaired) electrons. The minimum atomic E-state index is -0.999. The number of fused-ring (bicyclic) bond motifs is 1. The number of carbonyl (C=O) groups is 2. The molecule has 26 heavy (non-hydrogen) atoms. The molecule has 1 N–H and O–H groups in total. The normalized spacial score (nSPS) is 18.7. The third-order valence-corrected chi connectivity index (χ3v) is 4.67. The minimum absolute atomic E-state index is 0.0548. The Hall–Kier alpha value is -3.47. The molecule has 4 rings (SSSR count). The van der Waals surface area contributed by atoms with Crippen LogP contribution in [0.3, 0.4) is 0 Å². The van der Waals surface area contributed by atoms with E-state index in [0.717, 1.165) is 11.1 Å². The summed E-state index contributed by atoms with van der Waals surface area (Å²) in [5.74, 6) is -1.85. The first kappa shape index (κ1) is 16.0. The van der Waals surface area contributed by atoms with Gasteiger partial charge in [0.05, 0.1) is 30.4 Å². The van der Waals surface area contributed by atoms with Gasteiger partial charge in [-0.15, -0.1) is 0 Å². The van der Waals surface area contributed by atoms with Crippen molar-refractivity contribution in [2.24, 2.45) is 5.92 Å². The number of benzene rings is 1. The first-order valence-corrected chi connectivity index (χ1v) is 8.20. The van der Waals surface area contributed by atoms with E-state index in [9.17, 15) is 20.0 Å². The van der Waals surface area contributed by atoms with Crippen molar-refractivity contribution in [2.75, 3.05) is 11.4 Å². The van der Waals surface area contributed by atoms with Crippen LogP contribution in [0.1, 0.15) is 17.7 Å². The summed E-state index contributed by atoms with van der Waals surface area (Å²) in [5, 5.41) is 18.4. The molecule has 8 heteroatoms. The maximum absolute atomic E-state index is 12.3. The van der Waals surface area contributed by atoms with Crippen molar-refractivity contribution in [3.05, 3.63) is 41.6 Å². The van der Waals surface area contributed by atoms with Gasteiger partial charge in [-0.1, -0.05) is 30.3 Å². The standard InChI is InChI=1S/C18H15N5O3/c19-10-22-8-13-14(9-22)20-18(21-16(13)11-4-2-1-3-5-11)23-7-12(17(25)26)6-15(23)24/h1-5,12H,6-9H2,(H,25,26). The molecule has 0 spiro atoms. The first-order chi connectivity index (χ1) is 12.6. The van der Waals surface area contributed by atoms with Gasteiger partial charge in [-0.25, -0.2) is 9.97 Å². The topological polar surface area (TPSA) is 110 Å². The minimum Gasteiger partial charge on any atom is -0.481 e. The fourth-order valence-electron chi connectivity index (χ4n) is 3.33. The van der Waals surface area contributed by atoms with Gasteiger partial charge in [0.1, 0.15) is 0 Å². The number of aliphatic carboxylic acids is 1. The second-order valence-corrected chi connectivity index (χ2v) is 6.36. The molecule has 0 aliphatic carbocycles. The Bertz CT molecular complexity index is 938. The van der Waals surface area contributed by atoms with Crippen LogP contribution >= 0.6 is 0 Å². The van der Waals surface area contributed by atoms with Gasteiger partial charge in [0.25, 0.3) is 0 Å². The molecule has 2 aliphatic rings.